The van der Waals surface area contributed by atoms with E-state index in [1.807, 2.05) is 0 Å². The lowest BCUT2D eigenvalue weighted by atomic mass is 9.86. The Hall–Kier alpha value is 0.360. The Kier molecular flexibility index (Phi) is 3.27. The molecule has 2 heterocycles. The van der Waals surface area contributed by atoms with Crippen molar-refractivity contribution in [2.75, 3.05) is 0 Å². The summed E-state index contributed by atoms with van der Waals surface area (Å²) in [5.74, 6) is 0.618. The molecule has 3 atom stereocenters. The van der Waals surface area contributed by atoms with Gasteiger partial charge < -0.3 is 0 Å². The predicted molar refractivity (Wildman–Crippen MR) is 96.5 cm³/mol. The van der Waals surface area contributed by atoms with Gasteiger partial charge in [-0.15, -0.1) is 23.5 Å². The van der Waals surface area contributed by atoms with Gasteiger partial charge in [0.1, 0.15) is 0 Å². The van der Waals surface area contributed by atoms with Crippen molar-refractivity contribution in [3.63, 3.8) is 0 Å². The fraction of sp³-hybridized carbons (Fsp3) is 0.375. The van der Waals surface area contributed by atoms with E-state index in [1.165, 1.54) is 30.7 Å². The Bertz CT molecular complexity index is 677. The van der Waals surface area contributed by atoms with Crippen molar-refractivity contribution in [1.29, 1.82) is 0 Å². The summed E-state index contributed by atoms with van der Waals surface area (Å²) in [5, 5.41) is 0.603. The van der Waals surface area contributed by atoms with Crippen molar-refractivity contribution in [3.8, 4) is 0 Å². The number of halogens is 2. The number of benzene rings is 1. The van der Waals surface area contributed by atoms with E-state index >= 15 is 0 Å². The van der Waals surface area contributed by atoms with E-state index in [1.54, 1.807) is 5.57 Å². The van der Waals surface area contributed by atoms with Crippen molar-refractivity contribution in [1.82, 2.24) is 0 Å². The van der Waals surface area contributed by atoms with Crippen LogP contribution in [-0.2, 0) is 4.75 Å². The standard InChI is InChI=1S/C16H14Br2S2/c1-8-5-10-13(7-12(8)18)20-16(2)11-4-3-9(17)6-14(11)19-15(10)16/h3-4,6-8,15H,5H2,1-2H3. The van der Waals surface area contributed by atoms with Crippen LogP contribution in [0.4, 0.5) is 0 Å². The van der Waals surface area contributed by atoms with Gasteiger partial charge in [0.2, 0.25) is 0 Å². The molecule has 3 unspecified atom stereocenters. The second-order valence-electron chi connectivity index (χ2n) is 5.87. The van der Waals surface area contributed by atoms with Crippen LogP contribution >= 0.6 is 55.4 Å². The van der Waals surface area contributed by atoms with Crippen LogP contribution in [0.1, 0.15) is 25.8 Å². The molecule has 20 heavy (non-hydrogen) atoms. The minimum absolute atomic E-state index is 0.208. The molecule has 4 heteroatoms. The molecule has 0 bridgehead atoms. The van der Waals surface area contributed by atoms with Crippen molar-refractivity contribution in [3.05, 3.63) is 49.3 Å². The highest BCUT2D eigenvalue weighted by atomic mass is 79.9. The van der Waals surface area contributed by atoms with E-state index in [4.69, 9.17) is 0 Å². The highest BCUT2D eigenvalue weighted by molar-refractivity contribution is 9.11. The molecule has 1 aliphatic carbocycles. The van der Waals surface area contributed by atoms with Crippen LogP contribution in [0.15, 0.2) is 48.6 Å². The lowest BCUT2D eigenvalue weighted by molar-refractivity contribution is 0.639. The summed E-state index contributed by atoms with van der Waals surface area (Å²) < 4.78 is 2.75. The summed E-state index contributed by atoms with van der Waals surface area (Å²) in [7, 11) is 0. The van der Waals surface area contributed by atoms with E-state index in [-0.39, 0.29) is 4.75 Å². The van der Waals surface area contributed by atoms with Gasteiger partial charge in [0, 0.05) is 14.3 Å². The predicted octanol–water partition coefficient (Wildman–Crippen LogP) is 6.46. The molecule has 0 radical (unpaired) electrons. The summed E-state index contributed by atoms with van der Waals surface area (Å²) in [4.78, 5) is 2.95. The fourth-order valence-corrected chi connectivity index (χ4v) is 7.91. The van der Waals surface area contributed by atoms with E-state index in [2.05, 4.69) is 93.5 Å². The summed E-state index contributed by atoms with van der Waals surface area (Å²) in [6.07, 6.45) is 3.55. The maximum Gasteiger partial charge on any atom is 0.0598 e. The zero-order valence-electron chi connectivity index (χ0n) is 11.2. The summed E-state index contributed by atoms with van der Waals surface area (Å²) >= 11 is 11.4. The van der Waals surface area contributed by atoms with Gasteiger partial charge in [-0.1, -0.05) is 44.8 Å². The van der Waals surface area contributed by atoms with Gasteiger partial charge in [0.05, 0.1) is 10.00 Å². The smallest absolute Gasteiger partial charge is 0.0598 e. The fourth-order valence-electron chi connectivity index (χ4n) is 3.34. The zero-order valence-corrected chi connectivity index (χ0v) is 16.0. The van der Waals surface area contributed by atoms with Crippen LogP contribution in [0.3, 0.4) is 0 Å². The normalized spacial score (nSPS) is 34.7. The number of thioether (sulfide) groups is 2. The molecule has 0 nitrogen and oxygen atoms in total. The number of fused-ring (bicyclic) bond motifs is 4. The SMILES string of the molecule is CC1CC2=C(C=C1Br)SC1(C)c3ccc(Br)cc3SC21. The molecule has 0 amide bonds. The highest BCUT2D eigenvalue weighted by Gasteiger charge is 2.52. The first-order chi connectivity index (χ1) is 9.49. The van der Waals surface area contributed by atoms with Crippen LogP contribution in [0.25, 0.3) is 0 Å². The number of rotatable bonds is 0. The molecule has 0 spiro atoms. The number of hydrogen-bond donors (Lipinski definition) is 0. The summed E-state index contributed by atoms with van der Waals surface area (Å²) in [6.45, 7) is 4.73. The maximum atomic E-state index is 3.73. The molecule has 2 aliphatic heterocycles. The van der Waals surface area contributed by atoms with Crippen LogP contribution in [0, 0.1) is 5.92 Å². The van der Waals surface area contributed by atoms with E-state index < -0.39 is 0 Å². The third kappa shape index (κ3) is 1.87. The lowest BCUT2D eigenvalue weighted by Gasteiger charge is -2.25. The molecule has 1 aromatic rings. The zero-order chi connectivity index (χ0) is 14.1. The Morgan fingerprint density at radius 3 is 2.90 bits per heavy atom. The average molecular weight is 430 g/mol. The topological polar surface area (TPSA) is 0 Å². The van der Waals surface area contributed by atoms with Gasteiger partial charge in [-0.25, -0.2) is 0 Å². The molecule has 0 aromatic heterocycles. The Morgan fingerprint density at radius 2 is 2.10 bits per heavy atom. The second-order valence-corrected chi connectivity index (χ2v) is 10.3. The first-order valence-electron chi connectivity index (χ1n) is 6.75. The molecule has 0 saturated heterocycles. The maximum absolute atomic E-state index is 3.73. The van der Waals surface area contributed by atoms with Crippen molar-refractivity contribution >= 4 is 55.4 Å². The van der Waals surface area contributed by atoms with Crippen LogP contribution < -0.4 is 0 Å². The molecule has 104 valence electrons. The Labute approximate surface area is 145 Å². The van der Waals surface area contributed by atoms with Crippen molar-refractivity contribution in [2.24, 2.45) is 5.92 Å². The average Bonchev–Trinajstić information content (AvgIpc) is 2.79. The van der Waals surface area contributed by atoms with E-state index in [0.29, 0.717) is 11.2 Å². The lowest BCUT2D eigenvalue weighted by Crippen LogP contribution is -2.24. The van der Waals surface area contributed by atoms with Gasteiger partial charge in [0.25, 0.3) is 0 Å². The summed E-state index contributed by atoms with van der Waals surface area (Å²) in [6, 6.07) is 6.77. The molecule has 0 N–H and O–H groups in total. The molecular formula is C16H14Br2S2. The van der Waals surface area contributed by atoms with Gasteiger partial charge in [-0.05, 0) is 53.1 Å². The van der Waals surface area contributed by atoms with Crippen molar-refractivity contribution < 1.29 is 0 Å². The van der Waals surface area contributed by atoms with Gasteiger partial charge in [-0.2, -0.15) is 0 Å². The largest absolute Gasteiger partial charge is 0.116 e. The van der Waals surface area contributed by atoms with Crippen LogP contribution in [0.2, 0.25) is 0 Å². The molecule has 3 aliphatic rings. The van der Waals surface area contributed by atoms with E-state index in [9.17, 15) is 0 Å². The number of allylic oxidation sites excluding steroid dienone is 2. The quantitative estimate of drug-likeness (QED) is 0.464. The molecule has 0 fully saturated rings. The van der Waals surface area contributed by atoms with Gasteiger partial charge in [0.15, 0.2) is 0 Å². The molecule has 1 aromatic carbocycles. The highest BCUT2D eigenvalue weighted by Crippen LogP contribution is 2.66. The third-order valence-corrected chi connectivity index (χ3v) is 9.16. The Balaban J connectivity index is 1.81. The third-order valence-electron chi connectivity index (χ3n) is 4.44. The summed E-state index contributed by atoms with van der Waals surface area (Å²) in [5.41, 5.74) is 3.16. The minimum atomic E-state index is 0.208. The van der Waals surface area contributed by atoms with Crippen molar-refractivity contribution in [2.45, 2.75) is 35.2 Å². The molecule has 0 saturated carbocycles. The van der Waals surface area contributed by atoms with Gasteiger partial charge in [-0.3, -0.25) is 0 Å². The first kappa shape index (κ1) is 14.0. The number of hydrogen-bond acceptors (Lipinski definition) is 2. The molecule has 4 rings (SSSR count). The van der Waals surface area contributed by atoms with Crippen LogP contribution in [-0.4, -0.2) is 5.25 Å². The second kappa shape index (κ2) is 4.68. The minimum Gasteiger partial charge on any atom is -0.116 e. The van der Waals surface area contributed by atoms with Gasteiger partial charge >= 0.3 is 0 Å². The Morgan fingerprint density at radius 1 is 1.30 bits per heavy atom. The van der Waals surface area contributed by atoms with Crippen LogP contribution in [0.5, 0.6) is 0 Å². The monoisotopic (exact) mass is 428 g/mol. The molecular weight excluding hydrogens is 416 g/mol. The van der Waals surface area contributed by atoms with E-state index in [0.717, 1.165) is 0 Å². The first-order valence-corrected chi connectivity index (χ1v) is 10.0.